The second kappa shape index (κ2) is 7.14. The molecule has 3 heteroatoms. The van der Waals surface area contributed by atoms with Gasteiger partial charge in [0.25, 0.3) is 0 Å². The number of rotatable bonds is 3. The van der Waals surface area contributed by atoms with Crippen molar-refractivity contribution in [1.82, 2.24) is 9.55 Å². The van der Waals surface area contributed by atoms with Crippen molar-refractivity contribution >= 4 is 5.95 Å². The first-order valence-corrected chi connectivity index (χ1v) is 8.73. The SMILES string of the molecule is c1cn(C2CCCCCCC2)c(NC2CCCCC2)n1. The molecule has 0 atom stereocenters. The lowest BCUT2D eigenvalue weighted by atomic mass is 9.95. The lowest BCUT2D eigenvalue weighted by Crippen LogP contribution is -2.25. The van der Waals surface area contributed by atoms with E-state index in [4.69, 9.17) is 0 Å². The zero-order valence-corrected chi connectivity index (χ0v) is 12.7. The maximum atomic E-state index is 4.59. The zero-order chi connectivity index (χ0) is 13.6. The van der Waals surface area contributed by atoms with Crippen molar-refractivity contribution in [2.45, 2.75) is 89.1 Å². The van der Waals surface area contributed by atoms with Gasteiger partial charge >= 0.3 is 0 Å². The molecule has 1 N–H and O–H groups in total. The molecule has 112 valence electrons. The van der Waals surface area contributed by atoms with Crippen LogP contribution in [0.1, 0.15) is 83.1 Å². The van der Waals surface area contributed by atoms with Crippen LogP contribution in [0, 0.1) is 0 Å². The summed E-state index contributed by atoms with van der Waals surface area (Å²) in [6.45, 7) is 0. The standard InChI is InChI=1S/C17H29N3/c1-2-7-11-16(12-8-3-1)20-14-13-18-17(20)19-15-9-5-4-6-10-15/h13-16H,1-12H2,(H,18,19). The van der Waals surface area contributed by atoms with Gasteiger partial charge in [0, 0.05) is 24.5 Å². The summed E-state index contributed by atoms with van der Waals surface area (Å²) in [5.41, 5.74) is 0. The Kier molecular flexibility index (Phi) is 4.99. The molecule has 3 rings (SSSR count). The summed E-state index contributed by atoms with van der Waals surface area (Å²) in [4.78, 5) is 4.59. The average Bonchev–Trinajstić information content (AvgIpc) is 2.88. The van der Waals surface area contributed by atoms with Gasteiger partial charge in [-0.25, -0.2) is 4.98 Å². The third kappa shape index (κ3) is 3.56. The summed E-state index contributed by atoms with van der Waals surface area (Å²) in [7, 11) is 0. The zero-order valence-electron chi connectivity index (χ0n) is 12.7. The van der Waals surface area contributed by atoms with Crippen LogP contribution in [0.4, 0.5) is 5.95 Å². The van der Waals surface area contributed by atoms with E-state index in [1.807, 2.05) is 6.20 Å². The number of hydrogen-bond donors (Lipinski definition) is 1. The van der Waals surface area contributed by atoms with Crippen molar-refractivity contribution in [1.29, 1.82) is 0 Å². The smallest absolute Gasteiger partial charge is 0.203 e. The maximum Gasteiger partial charge on any atom is 0.203 e. The fourth-order valence-corrected chi connectivity index (χ4v) is 3.86. The molecule has 2 aliphatic rings. The van der Waals surface area contributed by atoms with Crippen molar-refractivity contribution in [3.63, 3.8) is 0 Å². The van der Waals surface area contributed by atoms with Crippen LogP contribution in [0.2, 0.25) is 0 Å². The summed E-state index contributed by atoms with van der Waals surface area (Å²) < 4.78 is 2.43. The van der Waals surface area contributed by atoms with Crippen molar-refractivity contribution in [2.24, 2.45) is 0 Å². The molecule has 0 radical (unpaired) electrons. The highest BCUT2D eigenvalue weighted by Gasteiger charge is 2.19. The summed E-state index contributed by atoms with van der Waals surface area (Å²) in [5.74, 6) is 1.13. The molecular weight excluding hydrogens is 246 g/mol. The Morgan fingerprint density at radius 1 is 0.850 bits per heavy atom. The van der Waals surface area contributed by atoms with Gasteiger partial charge in [-0.05, 0) is 25.7 Å². The van der Waals surface area contributed by atoms with Gasteiger partial charge in [-0.15, -0.1) is 0 Å². The lowest BCUT2D eigenvalue weighted by Gasteiger charge is -2.27. The normalized spacial score (nSPS) is 23.2. The molecule has 20 heavy (non-hydrogen) atoms. The number of nitrogens with zero attached hydrogens (tertiary/aromatic N) is 2. The van der Waals surface area contributed by atoms with E-state index in [0.717, 1.165) is 5.95 Å². The first-order chi connectivity index (χ1) is 9.93. The number of anilines is 1. The molecular formula is C17H29N3. The molecule has 0 saturated heterocycles. The number of nitrogens with one attached hydrogen (secondary N) is 1. The molecule has 0 unspecified atom stereocenters. The van der Waals surface area contributed by atoms with Crippen LogP contribution >= 0.6 is 0 Å². The van der Waals surface area contributed by atoms with Gasteiger partial charge in [0.05, 0.1) is 0 Å². The Morgan fingerprint density at radius 3 is 2.20 bits per heavy atom. The highest BCUT2D eigenvalue weighted by molar-refractivity contribution is 5.28. The molecule has 0 aliphatic heterocycles. The van der Waals surface area contributed by atoms with Gasteiger partial charge in [0.15, 0.2) is 0 Å². The van der Waals surface area contributed by atoms with Gasteiger partial charge in [-0.1, -0.05) is 51.4 Å². The lowest BCUT2D eigenvalue weighted by molar-refractivity contribution is 0.372. The van der Waals surface area contributed by atoms with E-state index in [2.05, 4.69) is 21.1 Å². The molecule has 0 aromatic carbocycles. The van der Waals surface area contributed by atoms with Gasteiger partial charge in [0.1, 0.15) is 0 Å². The minimum absolute atomic E-state index is 0.651. The molecule has 2 fully saturated rings. The van der Waals surface area contributed by atoms with E-state index in [-0.39, 0.29) is 0 Å². The van der Waals surface area contributed by atoms with E-state index < -0.39 is 0 Å². The minimum atomic E-state index is 0.651. The van der Waals surface area contributed by atoms with Crippen LogP contribution in [0.5, 0.6) is 0 Å². The maximum absolute atomic E-state index is 4.59. The topological polar surface area (TPSA) is 29.9 Å². The third-order valence-electron chi connectivity index (χ3n) is 5.08. The Balaban J connectivity index is 1.64. The van der Waals surface area contributed by atoms with E-state index in [0.29, 0.717) is 12.1 Å². The van der Waals surface area contributed by atoms with E-state index in [1.54, 1.807) is 0 Å². The number of imidazole rings is 1. The molecule has 3 nitrogen and oxygen atoms in total. The van der Waals surface area contributed by atoms with Gasteiger partial charge in [-0.3, -0.25) is 0 Å². The molecule has 2 saturated carbocycles. The third-order valence-corrected chi connectivity index (χ3v) is 5.08. The predicted molar refractivity (Wildman–Crippen MR) is 84.1 cm³/mol. The Morgan fingerprint density at radius 2 is 1.45 bits per heavy atom. The molecule has 0 spiro atoms. The van der Waals surface area contributed by atoms with Crippen LogP contribution in [0.3, 0.4) is 0 Å². The summed E-state index contributed by atoms with van der Waals surface area (Å²) >= 11 is 0. The first kappa shape index (κ1) is 14.0. The molecule has 0 bridgehead atoms. The molecule has 1 aromatic rings. The van der Waals surface area contributed by atoms with Crippen molar-refractivity contribution < 1.29 is 0 Å². The van der Waals surface area contributed by atoms with Crippen molar-refractivity contribution in [3.05, 3.63) is 12.4 Å². The fraction of sp³-hybridized carbons (Fsp3) is 0.824. The molecule has 0 amide bonds. The van der Waals surface area contributed by atoms with Crippen molar-refractivity contribution in [3.8, 4) is 0 Å². The van der Waals surface area contributed by atoms with E-state index >= 15 is 0 Å². The second-order valence-corrected chi connectivity index (χ2v) is 6.64. The number of aromatic nitrogens is 2. The summed E-state index contributed by atoms with van der Waals surface area (Å²) in [6, 6.07) is 1.32. The Bertz CT molecular complexity index is 385. The first-order valence-electron chi connectivity index (χ1n) is 8.73. The van der Waals surface area contributed by atoms with Gasteiger partial charge < -0.3 is 9.88 Å². The second-order valence-electron chi connectivity index (χ2n) is 6.64. The average molecular weight is 275 g/mol. The molecule has 1 heterocycles. The largest absolute Gasteiger partial charge is 0.353 e. The van der Waals surface area contributed by atoms with E-state index in [1.165, 1.54) is 77.0 Å². The van der Waals surface area contributed by atoms with Gasteiger partial charge in [-0.2, -0.15) is 0 Å². The van der Waals surface area contributed by atoms with Crippen LogP contribution < -0.4 is 5.32 Å². The highest BCUT2D eigenvalue weighted by atomic mass is 15.2. The van der Waals surface area contributed by atoms with Crippen LogP contribution in [-0.4, -0.2) is 15.6 Å². The summed E-state index contributed by atoms with van der Waals surface area (Å²) in [5, 5.41) is 3.71. The minimum Gasteiger partial charge on any atom is -0.353 e. The van der Waals surface area contributed by atoms with Crippen LogP contribution in [-0.2, 0) is 0 Å². The van der Waals surface area contributed by atoms with Crippen LogP contribution in [0.25, 0.3) is 0 Å². The number of hydrogen-bond acceptors (Lipinski definition) is 2. The highest BCUT2D eigenvalue weighted by Crippen LogP contribution is 2.29. The Labute approximate surface area is 123 Å². The monoisotopic (exact) mass is 275 g/mol. The van der Waals surface area contributed by atoms with Crippen molar-refractivity contribution in [2.75, 3.05) is 5.32 Å². The predicted octanol–water partition coefficient (Wildman–Crippen LogP) is 4.91. The molecule has 2 aliphatic carbocycles. The van der Waals surface area contributed by atoms with Gasteiger partial charge in [0.2, 0.25) is 5.95 Å². The van der Waals surface area contributed by atoms with Crippen LogP contribution in [0.15, 0.2) is 12.4 Å². The summed E-state index contributed by atoms with van der Waals surface area (Å²) in [6.07, 6.45) is 20.6. The quantitative estimate of drug-likeness (QED) is 0.849. The van der Waals surface area contributed by atoms with E-state index in [9.17, 15) is 0 Å². The fourth-order valence-electron chi connectivity index (χ4n) is 3.86. The Hall–Kier alpha value is -0.990. The molecule has 1 aromatic heterocycles.